The number of amides is 1. The maximum absolute atomic E-state index is 13.2. The fourth-order valence-electron chi connectivity index (χ4n) is 2.96. The van der Waals surface area contributed by atoms with E-state index < -0.39 is 0 Å². The van der Waals surface area contributed by atoms with Crippen LogP contribution in [0.3, 0.4) is 0 Å². The molecular weight excluding hydrogens is 345 g/mol. The van der Waals surface area contributed by atoms with Gasteiger partial charge in [0.1, 0.15) is 0 Å². The van der Waals surface area contributed by atoms with E-state index in [-0.39, 0.29) is 11.9 Å². The standard InChI is InChI=1S/C18H19Cl2N3O/c1-22-10-12-4-2-3-5-17(12)23(11-14(22)9-19)18(24)15-7-6-13(21)8-16(15)20/h2-8,14H,9-11,21H2,1H3. The molecular formula is C18H19Cl2N3O. The van der Waals surface area contributed by atoms with Gasteiger partial charge in [-0.25, -0.2) is 0 Å². The van der Waals surface area contributed by atoms with Gasteiger partial charge in [-0.3, -0.25) is 9.69 Å². The van der Waals surface area contributed by atoms with Crippen molar-refractivity contribution in [2.24, 2.45) is 0 Å². The fourth-order valence-corrected chi connectivity index (χ4v) is 3.57. The van der Waals surface area contributed by atoms with E-state index in [0.29, 0.717) is 28.7 Å². The zero-order chi connectivity index (χ0) is 17.3. The van der Waals surface area contributed by atoms with Gasteiger partial charge in [-0.05, 0) is 36.9 Å². The third kappa shape index (κ3) is 3.22. The molecule has 0 saturated heterocycles. The smallest absolute Gasteiger partial charge is 0.259 e. The lowest BCUT2D eigenvalue weighted by atomic mass is 10.1. The van der Waals surface area contributed by atoms with Crippen LogP contribution < -0.4 is 10.6 Å². The number of likely N-dealkylation sites (N-methyl/N-ethyl adjacent to an activating group) is 1. The molecule has 0 aliphatic carbocycles. The summed E-state index contributed by atoms with van der Waals surface area (Å²) in [7, 11) is 2.02. The normalized spacial score (nSPS) is 18.1. The zero-order valence-corrected chi connectivity index (χ0v) is 14.9. The number of alkyl halides is 1. The van der Waals surface area contributed by atoms with E-state index in [2.05, 4.69) is 4.90 Å². The average Bonchev–Trinajstić information content (AvgIpc) is 2.70. The molecule has 0 aromatic heterocycles. The van der Waals surface area contributed by atoms with Gasteiger partial charge in [0, 0.05) is 36.4 Å². The van der Waals surface area contributed by atoms with Crippen LogP contribution in [-0.2, 0) is 6.54 Å². The number of anilines is 2. The molecule has 1 unspecified atom stereocenters. The molecule has 1 amide bonds. The summed E-state index contributed by atoms with van der Waals surface area (Å²) in [6.07, 6.45) is 0. The largest absolute Gasteiger partial charge is 0.399 e. The van der Waals surface area contributed by atoms with Crippen molar-refractivity contribution in [3.63, 3.8) is 0 Å². The summed E-state index contributed by atoms with van der Waals surface area (Å²) in [5, 5.41) is 0.359. The molecule has 2 N–H and O–H groups in total. The van der Waals surface area contributed by atoms with Gasteiger partial charge in [0.2, 0.25) is 0 Å². The number of fused-ring (bicyclic) bond motifs is 1. The number of carbonyl (C=O) groups is 1. The minimum Gasteiger partial charge on any atom is -0.399 e. The molecule has 0 saturated carbocycles. The van der Waals surface area contributed by atoms with E-state index in [9.17, 15) is 4.79 Å². The molecule has 4 nitrogen and oxygen atoms in total. The second kappa shape index (κ2) is 7.01. The zero-order valence-electron chi connectivity index (χ0n) is 13.4. The second-order valence-corrected chi connectivity index (χ2v) is 6.72. The first kappa shape index (κ1) is 17.1. The van der Waals surface area contributed by atoms with Crippen molar-refractivity contribution in [3.8, 4) is 0 Å². The average molecular weight is 364 g/mol. The summed E-state index contributed by atoms with van der Waals surface area (Å²) in [4.78, 5) is 17.1. The number of nitrogens with zero attached hydrogens (tertiary/aromatic N) is 2. The third-order valence-corrected chi connectivity index (χ3v) is 5.03. The highest BCUT2D eigenvalue weighted by Crippen LogP contribution is 2.30. The van der Waals surface area contributed by atoms with E-state index in [0.717, 1.165) is 17.8 Å². The Bertz CT molecular complexity index is 766. The Labute approximate surface area is 151 Å². The van der Waals surface area contributed by atoms with E-state index in [1.165, 1.54) is 0 Å². The van der Waals surface area contributed by atoms with Crippen LogP contribution in [0, 0.1) is 0 Å². The number of nitrogens with two attached hydrogens (primary N) is 1. The van der Waals surface area contributed by atoms with Crippen LogP contribution in [0.15, 0.2) is 42.5 Å². The predicted octanol–water partition coefficient (Wildman–Crippen LogP) is 3.62. The topological polar surface area (TPSA) is 49.6 Å². The third-order valence-electron chi connectivity index (χ3n) is 4.37. The van der Waals surface area contributed by atoms with Crippen molar-refractivity contribution >= 4 is 40.5 Å². The minimum atomic E-state index is -0.141. The van der Waals surface area contributed by atoms with Crippen molar-refractivity contribution < 1.29 is 4.79 Å². The monoisotopic (exact) mass is 363 g/mol. The van der Waals surface area contributed by atoms with Gasteiger partial charge >= 0.3 is 0 Å². The van der Waals surface area contributed by atoms with E-state index >= 15 is 0 Å². The molecule has 2 aromatic carbocycles. The van der Waals surface area contributed by atoms with Crippen LogP contribution in [0.25, 0.3) is 0 Å². The summed E-state index contributed by atoms with van der Waals surface area (Å²) < 4.78 is 0. The second-order valence-electron chi connectivity index (χ2n) is 6.01. The van der Waals surface area contributed by atoms with Gasteiger partial charge in [-0.15, -0.1) is 11.6 Å². The number of hydrogen-bond donors (Lipinski definition) is 1. The number of halogens is 2. The van der Waals surface area contributed by atoms with Crippen molar-refractivity contribution in [1.29, 1.82) is 0 Å². The van der Waals surface area contributed by atoms with Gasteiger partial charge < -0.3 is 10.6 Å². The Hall–Kier alpha value is -1.75. The van der Waals surface area contributed by atoms with Crippen LogP contribution in [0.1, 0.15) is 15.9 Å². The quantitative estimate of drug-likeness (QED) is 0.654. The Morgan fingerprint density at radius 3 is 2.75 bits per heavy atom. The Morgan fingerprint density at radius 2 is 2.04 bits per heavy atom. The maximum atomic E-state index is 13.2. The summed E-state index contributed by atoms with van der Waals surface area (Å²) in [6.45, 7) is 1.25. The molecule has 6 heteroatoms. The molecule has 24 heavy (non-hydrogen) atoms. The highest BCUT2D eigenvalue weighted by molar-refractivity contribution is 6.34. The highest BCUT2D eigenvalue weighted by Gasteiger charge is 2.30. The number of carbonyl (C=O) groups excluding carboxylic acids is 1. The molecule has 3 rings (SSSR count). The lowest BCUT2D eigenvalue weighted by Gasteiger charge is -2.28. The van der Waals surface area contributed by atoms with Crippen LogP contribution in [0.4, 0.5) is 11.4 Å². The summed E-state index contributed by atoms with van der Waals surface area (Å²) in [6, 6.07) is 12.9. The van der Waals surface area contributed by atoms with Crippen LogP contribution in [0.5, 0.6) is 0 Å². The fraction of sp³-hybridized carbons (Fsp3) is 0.278. The Kier molecular flexibility index (Phi) is 4.99. The first-order valence-corrected chi connectivity index (χ1v) is 8.63. The van der Waals surface area contributed by atoms with Crippen LogP contribution >= 0.6 is 23.2 Å². The van der Waals surface area contributed by atoms with Crippen LogP contribution in [0.2, 0.25) is 5.02 Å². The van der Waals surface area contributed by atoms with Crippen molar-refractivity contribution in [3.05, 3.63) is 58.6 Å². The van der Waals surface area contributed by atoms with E-state index in [1.807, 2.05) is 31.3 Å². The number of benzene rings is 2. The van der Waals surface area contributed by atoms with Crippen LogP contribution in [-0.4, -0.2) is 36.3 Å². The molecule has 1 atom stereocenters. The molecule has 2 aromatic rings. The first-order valence-electron chi connectivity index (χ1n) is 7.72. The van der Waals surface area contributed by atoms with Gasteiger partial charge in [0.05, 0.1) is 10.6 Å². The lowest BCUT2D eigenvalue weighted by Crippen LogP contribution is -2.43. The molecule has 0 spiro atoms. The molecule has 1 aliphatic heterocycles. The van der Waals surface area contributed by atoms with Crippen molar-refractivity contribution in [1.82, 2.24) is 4.90 Å². The summed E-state index contributed by atoms with van der Waals surface area (Å²) >= 11 is 12.4. The molecule has 126 valence electrons. The molecule has 0 bridgehead atoms. The van der Waals surface area contributed by atoms with Gasteiger partial charge in [-0.2, -0.15) is 0 Å². The highest BCUT2D eigenvalue weighted by atomic mass is 35.5. The summed E-state index contributed by atoms with van der Waals surface area (Å²) in [5.41, 5.74) is 8.70. The number of hydrogen-bond acceptors (Lipinski definition) is 3. The molecule has 0 radical (unpaired) electrons. The number of rotatable bonds is 2. The van der Waals surface area contributed by atoms with Gasteiger partial charge in [-0.1, -0.05) is 29.8 Å². The van der Waals surface area contributed by atoms with E-state index in [4.69, 9.17) is 28.9 Å². The predicted molar refractivity (Wildman–Crippen MR) is 100.0 cm³/mol. The SMILES string of the molecule is CN1Cc2ccccc2N(C(=O)c2ccc(N)cc2Cl)CC1CCl. The van der Waals surface area contributed by atoms with E-state index in [1.54, 1.807) is 23.1 Å². The van der Waals surface area contributed by atoms with Crippen molar-refractivity contribution in [2.75, 3.05) is 30.1 Å². The summed E-state index contributed by atoms with van der Waals surface area (Å²) in [5.74, 6) is 0.307. The maximum Gasteiger partial charge on any atom is 0.259 e. The van der Waals surface area contributed by atoms with Gasteiger partial charge in [0.25, 0.3) is 5.91 Å². The molecule has 1 aliphatic rings. The first-order chi connectivity index (χ1) is 11.5. The molecule has 1 heterocycles. The molecule has 0 fully saturated rings. The van der Waals surface area contributed by atoms with Gasteiger partial charge in [0.15, 0.2) is 0 Å². The Morgan fingerprint density at radius 1 is 1.29 bits per heavy atom. The minimum absolute atomic E-state index is 0.0653. The number of para-hydroxylation sites is 1. The van der Waals surface area contributed by atoms with Crippen molar-refractivity contribution in [2.45, 2.75) is 12.6 Å². The Balaban J connectivity index is 2.05. The lowest BCUT2D eigenvalue weighted by molar-refractivity contribution is 0.0981. The number of nitrogen functional groups attached to an aromatic ring is 1.